The minimum atomic E-state index is 0.454. The Morgan fingerprint density at radius 1 is 1.11 bits per heavy atom. The van der Waals surface area contributed by atoms with Gasteiger partial charge in [-0.15, -0.1) is 0 Å². The standard InChI is InChI=1S/C17H36N2/c1-15(2)14-19(16-8-6-7-9-16)13-12-18-11-10-17(3,4)5/h15-16,18H,6-14H2,1-5H3. The van der Waals surface area contributed by atoms with Crippen molar-refractivity contribution in [2.75, 3.05) is 26.2 Å². The van der Waals surface area contributed by atoms with E-state index in [9.17, 15) is 0 Å². The zero-order valence-corrected chi connectivity index (χ0v) is 14.0. The van der Waals surface area contributed by atoms with Gasteiger partial charge in [0.2, 0.25) is 0 Å². The summed E-state index contributed by atoms with van der Waals surface area (Å²) in [6.45, 7) is 16.4. The van der Waals surface area contributed by atoms with Crippen molar-refractivity contribution in [1.29, 1.82) is 0 Å². The molecule has 0 aliphatic heterocycles. The maximum absolute atomic E-state index is 3.63. The Morgan fingerprint density at radius 3 is 2.26 bits per heavy atom. The van der Waals surface area contributed by atoms with E-state index in [-0.39, 0.29) is 0 Å². The van der Waals surface area contributed by atoms with Crippen molar-refractivity contribution in [1.82, 2.24) is 10.2 Å². The van der Waals surface area contributed by atoms with Crippen LogP contribution in [-0.2, 0) is 0 Å². The molecule has 2 nitrogen and oxygen atoms in total. The molecule has 1 aliphatic rings. The molecule has 0 aromatic carbocycles. The van der Waals surface area contributed by atoms with E-state index in [0.29, 0.717) is 5.41 Å². The number of hydrogen-bond donors (Lipinski definition) is 1. The lowest BCUT2D eigenvalue weighted by atomic mass is 9.92. The maximum Gasteiger partial charge on any atom is 0.0110 e. The molecule has 0 amide bonds. The summed E-state index contributed by atoms with van der Waals surface area (Å²) >= 11 is 0. The van der Waals surface area contributed by atoms with E-state index in [0.717, 1.165) is 25.0 Å². The Morgan fingerprint density at radius 2 is 1.74 bits per heavy atom. The van der Waals surface area contributed by atoms with Crippen molar-refractivity contribution in [2.24, 2.45) is 11.3 Å². The second kappa shape index (κ2) is 8.26. The van der Waals surface area contributed by atoms with Gasteiger partial charge in [0.25, 0.3) is 0 Å². The van der Waals surface area contributed by atoms with Crippen molar-refractivity contribution in [3.05, 3.63) is 0 Å². The zero-order valence-electron chi connectivity index (χ0n) is 14.0. The van der Waals surface area contributed by atoms with Gasteiger partial charge in [0.15, 0.2) is 0 Å². The molecule has 1 N–H and O–H groups in total. The first-order valence-corrected chi connectivity index (χ1v) is 8.33. The molecule has 0 aromatic heterocycles. The molecule has 1 rings (SSSR count). The SMILES string of the molecule is CC(C)CN(CCNCCC(C)(C)C)C1CCCC1. The monoisotopic (exact) mass is 268 g/mol. The van der Waals surface area contributed by atoms with E-state index in [1.54, 1.807) is 0 Å². The largest absolute Gasteiger partial charge is 0.315 e. The molecule has 0 heterocycles. The van der Waals surface area contributed by atoms with Gasteiger partial charge in [-0.2, -0.15) is 0 Å². The summed E-state index contributed by atoms with van der Waals surface area (Å²) in [4.78, 5) is 2.74. The molecular weight excluding hydrogens is 232 g/mol. The number of nitrogens with zero attached hydrogens (tertiary/aromatic N) is 1. The van der Waals surface area contributed by atoms with Gasteiger partial charge in [-0.25, -0.2) is 0 Å². The van der Waals surface area contributed by atoms with Crippen molar-refractivity contribution in [3.63, 3.8) is 0 Å². The summed E-state index contributed by atoms with van der Waals surface area (Å²) in [6, 6.07) is 0.867. The number of rotatable bonds is 8. The Bertz CT molecular complexity index is 224. The van der Waals surface area contributed by atoms with Gasteiger partial charge in [0.1, 0.15) is 0 Å². The Balaban J connectivity index is 2.21. The highest BCUT2D eigenvalue weighted by atomic mass is 15.2. The summed E-state index contributed by atoms with van der Waals surface area (Å²) in [5.74, 6) is 0.787. The Kier molecular flexibility index (Phi) is 7.38. The van der Waals surface area contributed by atoms with Crippen LogP contribution >= 0.6 is 0 Å². The predicted octanol–water partition coefficient (Wildman–Crippen LogP) is 3.91. The Labute approximate surface area is 121 Å². The normalized spacial score (nSPS) is 17.8. The van der Waals surface area contributed by atoms with Gasteiger partial charge in [-0.1, -0.05) is 47.5 Å². The number of nitrogens with one attached hydrogen (secondary N) is 1. The minimum Gasteiger partial charge on any atom is -0.315 e. The molecular formula is C17H36N2. The Hall–Kier alpha value is -0.0800. The summed E-state index contributed by atoms with van der Waals surface area (Å²) in [5.41, 5.74) is 0.454. The smallest absolute Gasteiger partial charge is 0.0110 e. The summed E-state index contributed by atoms with van der Waals surface area (Å²) in [6.07, 6.45) is 7.00. The third-order valence-electron chi connectivity index (χ3n) is 4.07. The minimum absolute atomic E-state index is 0.454. The molecule has 0 aromatic rings. The summed E-state index contributed by atoms with van der Waals surface area (Å²) in [7, 11) is 0. The molecule has 1 saturated carbocycles. The van der Waals surface area contributed by atoms with E-state index < -0.39 is 0 Å². The molecule has 114 valence electrons. The van der Waals surface area contributed by atoms with Crippen LogP contribution in [0.4, 0.5) is 0 Å². The fourth-order valence-corrected chi connectivity index (χ4v) is 2.97. The first-order valence-electron chi connectivity index (χ1n) is 8.33. The fourth-order valence-electron chi connectivity index (χ4n) is 2.97. The van der Waals surface area contributed by atoms with Crippen LogP contribution < -0.4 is 5.32 Å². The van der Waals surface area contributed by atoms with Crippen molar-refractivity contribution < 1.29 is 0 Å². The third-order valence-corrected chi connectivity index (χ3v) is 4.07. The molecule has 1 fully saturated rings. The molecule has 0 saturated heterocycles. The molecule has 0 bridgehead atoms. The fraction of sp³-hybridized carbons (Fsp3) is 1.00. The van der Waals surface area contributed by atoms with Crippen LogP contribution in [0.15, 0.2) is 0 Å². The van der Waals surface area contributed by atoms with Gasteiger partial charge in [0, 0.05) is 25.7 Å². The van der Waals surface area contributed by atoms with Crippen LogP contribution in [0.25, 0.3) is 0 Å². The predicted molar refractivity (Wildman–Crippen MR) is 85.6 cm³/mol. The van der Waals surface area contributed by atoms with Crippen LogP contribution in [0, 0.1) is 11.3 Å². The van der Waals surface area contributed by atoms with Gasteiger partial charge >= 0.3 is 0 Å². The molecule has 0 unspecified atom stereocenters. The van der Waals surface area contributed by atoms with Gasteiger partial charge in [0.05, 0.1) is 0 Å². The molecule has 1 aliphatic carbocycles. The highest BCUT2D eigenvalue weighted by Gasteiger charge is 2.22. The van der Waals surface area contributed by atoms with Crippen LogP contribution in [0.5, 0.6) is 0 Å². The van der Waals surface area contributed by atoms with Crippen LogP contribution in [0.2, 0.25) is 0 Å². The highest BCUT2D eigenvalue weighted by molar-refractivity contribution is 4.78. The lowest BCUT2D eigenvalue weighted by Crippen LogP contribution is -2.41. The van der Waals surface area contributed by atoms with Gasteiger partial charge < -0.3 is 5.32 Å². The van der Waals surface area contributed by atoms with Crippen molar-refractivity contribution in [2.45, 2.75) is 72.8 Å². The van der Waals surface area contributed by atoms with Crippen LogP contribution in [-0.4, -0.2) is 37.1 Å². The molecule has 2 heteroatoms. The second-order valence-electron chi connectivity index (χ2n) is 7.89. The molecule has 0 atom stereocenters. The van der Waals surface area contributed by atoms with E-state index >= 15 is 0 Å². The molecule has 19 heavy (non-hydrogen) atoms. The average molecular weight is 268 g/mol. The first kappa shape index (κ1) is 17.0. The number of hydrogen-bond acceptors (Lipinski definition) is 2. The quantitative estimate of drug-likeness (QED) is 0.671. The lowest BCUT2D eigenvalue weighted by molar-refractivity contribution is 0.177. The first-order chi connectivity index (χ1) is 8.88. The van der Waals surface area contributed by atoms with E-state index in [2.05, 4.69) is 44.8 Å². The molecule has 0 spiro atoms. The summed E-state index contributed by atoms with van der Waals surface area (Å²) < 4.78 is 0. The molecule has 0 radical (unpaired) electrons. The summed E-state index contributed by atoms with van der Waals surface area (Å²) in [5, 5.41) is 3.63. The van der Waals surface area contributed by atoms with Gasteiger partial charge in [-0.3, -0.25) is 4.90 Å². The van der Waals surface area contributed by atoms with E-state index in [1.165, 1.54) is 45.2 Å². The second-order valence-corrected chi connectivity index (χ2v) is 7.89. The average Bonchev–Trinajstić information content (AvgIpc) is 2.78. The topological polar surface area (TPSA) is 15.3 Å². The lowest BCUT2D eigenvalue weighted by Gasteiger charge is -2.30. The van der Waals surface area contributed by atoms with Crippen molar-refractivity contribution >= 4 is 0 Å². The van der Waals surface area contributed by atoms with E-state index in [1.807, 2.05) is 0 Å². The zero-order chi connectivity index (χ0) is 14.3. The van der Waals surface area contributed by atoms with Crippen molar-refractivity contribution in [3.8, 4) is 0 Å². The van der Waals surface area contributed by atoms with Crippen LogP contribution in [0.3, 0.4) is 0 Å². The van der Waals surface area contributed by atoms with Gasteiger partial charge in [-0.05, 0) is 37.1 Å². The van der Waals surface area contributed by atoms with Crippen LogP contribution in [0.1, 0.15) is 66.7 Å². The highest BCUT2D eigenvalue weighted by Crippen LogP contribution is 2.24. The van der Waals surface area contributed by atoms with E-state index in [4.69, 9.17) is 0 Å². The maximum atomic E-state index is 3.63. The third kappa shape index (κ3) is 7.94.